The molecule has 0 saturated carbocycles. The van der Waals surface area contributed by atoms with Crippen molar-refractivity contribution in [3.8, 4) is 0 Å². The first-order valence-corrected chi connectivity index (χ1v) is 6.55. The van der Waals surface area contributed by atoms with E-state index >= 15 is 0 Å². The maximum Gasteiger partial charge on any atom is -0.00134 e. The van der Waals surface area contributed by atoms with E-state index in [1.807, 2.05) is 0 Å². The lowest BCUT2D eigenvalue weighted by atomic mass is 9.75. The lowest BCUT2D eigenvalue weighted by Crippen LogP contribution is -2.23. The highest BCUT2D eigenvalue weighted by molar-refractivity contribution is 5.26. The largest absolute Gasteiger partial charge is 0.306 e. The number of allylic oxidation sites excluding steroid dienone is 2. The Morgan fingerprint density at radius 3 is 2.67 bits per heavy atom. The molecule has 0 amide bonds. The molecular formula is C14H25N. The Morgan fingerprint density at radius 1 is 1.20 bits per heavy atom. The van der Waals surface area contributed by atoms with E-state index in [2.05, 4.69) is 25.8 Å². The minimum Gasteiger partial charge on any atom is -0.306 e. The summed E-state index contributed by atoms with van der Waals surface area (Å²) in [4.78, 5) is 2.51. The van der Waals surface area contributed by atoms with Crippen molar-refractivity contribution in [3.63, 3.8) is 0 Å². The predicted molar refractivity (Wildman–Crippen MR) is 66.0 cm³/mol. The lowest BCUT2D eigenvalue weighted by Gasteiger charge is -2.30. The van der Waals surface area contributed by atoms with Gasteiger partial charge < -0.3 is 4.90 Å². The fraction of sp³-hybridized carbons (Fsp3) is 0.857. The zero-order valence-electron chi connectivity index (χ0n) is 10.6. The van der Waals surface area contributed by atoms with E-state index in [0.29, 0.717) is 5.41 Å². The molecule has 1 aliphatic heterocycles. The van der Waals surface area contributed by atoms with Gasteiger partial charge in [0.25, 0.3) is 0 Å². The van der Waals surface area contributed by atoms with Crippen molar-refractivity contribution in [2.45, 2.75) is 52.4 Å². The van der Waals surface area contributed by atoms with Gasteiger partial charge in [-0.3, -0.25) is 0 Å². The number of hydrogen-bond acceptors (Lipinski definition) is 1. The molecule has 2 aliphatic rings. The van der Waals surface area contributed by atoms with E-state index < -0.39 is 0 Å². The van der Waals surface area contributed by atoms with Crippen LogP contribution in [0.1, 0.15) is 52.4 Å². The van der Waals surface area contributed by atoms with Crippen LogP contribution in [0.5, 0.6) is 0 Å². The van der Waals surface area contributed by atoms with Crippen molar-refractivity contribution in [2.24, 2.45) is 5.41 Å². The Hall–Kier alpha value is -0.300. The Bertz CT molecular complexity index is 267. The number of hydrogen-bond donors (Lipinski definition) is 0. The third-order valence-corrected chi connectivity index (χ3v) is 4.83. The Morgan fingerprint density at radius 2 is 2.00 bits per heavy atom. The minimum atomic E-state index is 0.607. The van der Waals surface area contributed by atoms with Crippen LogP contribution >= 0.6 is 0 Å². The van der Waals surface area contributed by atoms with Crippen LogP contribution in [-0.2, 0) is 0 Å². The smallest absolute Gasteiger partial charge is 0.00134 e. The molecule has 0 aromatic heterocycles. The maximum atomic E-state index is 2.51. The molecule has 1 fully saturated rings. The summed E-state index contributed by atoms with van der Waals surface area (Å²) >= 11 is 0. The molecule has 1 heterocycles. The van der Waals surface area contributed by atoms with Crippen molar-refractivity contribution >= 4 is 0 Å². The zero-order chi connectivity index (χ0) is 10.9. The fourth-order valence-corrected chi connectivity index (χ4v) is 3.54. The van der Waals surface area contributed by atoms with Crippen LogP contribution in [0.15, 0.2) is 11.1 Å². The molecule has 1 heteroatoms. The van der Waals surface area contributed by atoms with Gasteiger partial charge in [-0.15, -0.1) is 0 Å². The van der Waals surface area contributed by atoms with Crippen LogP contribution in [0, 0.1) is 5.41 Å². The van der Waals surface area contributed by atoms with Gasteiger partial charge in [0, 0.05) is 0 Å². The van der Waals surface area contributed by atoms with Crippen LogP contribution < -0.4 is 0 Å². The molecule has 2 rings (SSSR count). The molecule has 1 spiro atoms. The first-order chi connectivity index (χ1) is 7.18. The summed E-state index contributed by atoms with van der Waals surface area (Å²) in [5.74, 6) is 0. The van der Waals surface area contributed by atoms with Gasteiger partial charge in [-0.2, -0.15) is 0 Å². The summed E-state index contributed by atoms with van der Waals surface area (Å²) < 4.78 is 0. The van der Waals surface area contributed by atoms with E-state index in [9.17, 15) is 0 Å². The number of nitrogens with zero attached hydrogens (tertiary/aromatic N) is 1. The highest BCUT2D eigenvalue weighted by Crippen LogP contribution is 2.50. The zero-order valence-corrected chi connectivity index (χ0v) is 10.6. The van der Waals surface area contributed by atoms with Crippen molar-refractivity contribution < 1.29 is 0 Å². The van der Waals surface area contributed by atoms with E-state index in [0.717, 1.165) is 0 Å². The van der Waals surface area contributed by atoms with Gasteiger partial charge in [0.15, 0.2) is 0 Å². The van der Waals surface area contributed by atoms with Crippen molar-refractivity contribution in [3.05, 3.63) is 11.1 Å². The van der Waals surface area contributed by atoms with E-state index in [-0.39, 0.29) is 0 Å². The van der Waals surface area contributed by atoms with Gasteiger partial charge in [-0.25, -0.2) is 0 Å². The molecular weight excluding hydrogens is 182 g/mol. The summed E-state index contributed by atoms with van der Waals surface area (Å²) in [5.41, 5.74) is 4.13. The van der Waals surface area contributed by atoms with Crippen molar-refractivity contribution in [1.29, 1.82) is 0 Å². The summed E-state index contributed by atoms with van der Waals surface area (Å²) in [6.07, 6.45) is 8.33. The fourth-order valence-electron chi connectivity index (χ4n) is 3.54. The predicted octanol–water partition coefficient (Wildman–Crippen LogP) is 3.61. The summed E-state index contributed by atoms with van der Waals surface area (Å²) in [5, 5.41) is 0. The van der Waals surface area contributed by atoms with Gasteiger partial charge in [0.1, 0.15) is 0 Å². The molecule has 1 atom stereocenters. The SMILES string of the molecule is CCC1=C(C)C2(CCCN(C)CC2)CC1. The van der Waals surface area contributed by atoms with E-state index in [1.54, 1.807) is 11.1 Å². The van der Waals surface area contributed by atoms with Gasteiger partial charge >= 0.3 is 0 Å². The van der Waals surface area contributed by atoms with Crippen LogP contribution in [0.2, 0.25) is 0 Å². The Labute approximate surface area is 94.5 Å². The lowest BCUT2D eigenvalue weighted by molar-refractivity contribution is 0.288. The molecule has 1 aliphatic carbocycles. The Kier molecular flexibility index (Phi) is 3.20. The summed E-state index contributed by atoms with van der Waals surface area (Å²) in [6, 6.07) is 0. The van der Waals surface area contributed by atoms with Crippen LogP contribution in [0.25, 0.3) is 0 Å². The van der Waals surface area contributed by atoms with Crippen LogP contribution in [0.4, 0.5) is 0 Å². The molecule has 1 nitrogen and oxygen atoms in total. The minimum absolute atomic E-state index is 0.607. The number of likely N-dealkylation sites (tertiary alicyclic amines) is 1. The van der Waals surface area contributed by atoms with Gasteiger partial charge in [0.05, 0.1) is 0 Å². The topological polar surface area (TPSA) is 3.24 Å². The average molecular weight is 207 g/mol. The second-order valence-corrected chi connectivity index (χ2v) is 5.52. The van der Waals surface area contributed by atoms with Gasteiger partial charge in [-0.05, 0) is 71.0 Å². The molecule has 0 N–H and O–H groups in total. The van der Waals surface area contributed by atoms with Crippen LogP contribution in [-0.4, -0.2) is 25.0 Å². The molecule has 1 saturated heterocycles. The second-order valence-electron chi connectivity index (χ2n) is 5.52. The van der Waals surface area contributed by atoms with Crippen molar-refractivity contribution in [1.82, 2.24) is 4.90 Å². The summed E-state index contributed by atoms with van der Waals surface area (Å²) in [7, 11) is 2.27. The monoisotopic (exact) mass is 207 g/mol. The quantitative estimate of drug-likeness (QED) is 0.594. The highest BCUT2D eigenvalue weighted by atomic mass is 15.1. The summed E-state index contributed by atoms with van der Waals surface area (Å²) in [6.45, 7) is 7.34. The van der Waals surface area contributed by atoms with Crippen molar-refractivity contribution in [2.75, 3.05) is 20.1 Å². The molecule has 86 valence electrons. The molecule has 1 unspecified atom stereocenters. The third-order valence-electron chi connectivity index (χ3n) is 4.83. The molecule has 0 aromatic rings. The van der Waals surface area contributed by atoms with Gasteiger partial charge in [0.2, 0.25) is 0 Å². The standard InChI is InChI=1S/C14H25N/c1-4-13-6-8-14(12(13)2)7-5-10-15(3)11-9-14/h4-11H2,1-3H3. The first-order valence-electron chi connectivity index (χ1n) is 6.55. The molecule has 0 radical (unpaired) electrons. The molecule has 15 heavy (non-hydrogen) atoms. The van der Waals surface area contributed by atoms with Gasteiger partial charge in [-0.1, -0.05) is 18.1 Å². The average Bonchev–Trinajstić information content (AvgIpc) is 2.42. The van der Waals surface area contributed by atoms with E-state index in [4.69, 9.17) is 0 Å². The first kappa shape index (κ1) is 11.2. The number of rotatable bonds is 1. The van der Waals surface area contributed by atoms with E-state index in [1.165, 1.54) is 51.6 Å². The highest BCUT2D eigenvalue weighted by Gasteiger charge is 2.38. The normalized spacial score (nSPS) is 33.8. The molecule has 0 aromatic carbocycles. The molecule has 0 bridgehead atoms. The third kappa shape index (κ3) is 1.99. The maximum absolute atomic E-state index is 2.51. The Balaban J connectivity index is 2.17. The van der Waals surface area contributed by atoms with Crippen LogP contribution in [0.3, 0.4) is 0 Å². The second kappa shape index (κ2) is 4.29.